The third kappa shape index (κ3) is 5.16. The fourth-order valence-electron chi connectivity index (χ4n) is 5.94. The van der Waals surface area contributed by atoms with Crippen molar-refractivity contribution < 1.29 is 14.6 Å². The highest BCUT2D eigenvalue weighted by Crippen LogP contribution is 2.51. The fourth-order valence-corrected chi connectivity index (χ4v) is 7.05. The maximum atomic E-state index is 11.5. The average molecular weight is 546 g/mol. The lowest BCUT2D eigenvalue weighted by atomic mass is 9.80. The van der Waals surface area contributed by atoms with Gasteiger partial charge in [-0.05, 0) is 83.7 Å². The molecule has 0 unspecified atom stereocenters. The molecule has 2 N–H and O–H groups in total. The molecule has 2 aliphatic rings. The van der Waals surface area contributed by atoms with Crippen LogP contribution in [0.4, 0.5) is 0 Å². The minimum Gasteiger partial charge on any atom is -0.489 e. The minimum absolute atomic E-state index is 0. The normalized spacial score (nSPS) is 17.2. The van der Waals surface area contributed by atoms with Crippen LogP contribution in [0.1, 0.15) is 68.6 Å². The number of fused-ring (bicyclic) bond motifs is 1. The number of hydrogen-bond acceptors (Lipinski definition) is 3. The molecular formula is C32H35NO3S2. The van der Waals surface area contributed by atoms with Crippen molar-refractivity contribution in [1.29, 1.82) is 0 Å². The number of rotatable bonds is 9. The lowest BCUT2D eigenvalue weighted by molar-refractivity contribution is -0.137. The van der Waals surface area contributed by atoms with Crippen LogP contribution in [0.25, 0.3) is 26.9 Å². The third-order valence-corrected chi connectivity index (χ3v) is 9.15. The standard InChI is InChI=1S/C32H33NO3S.H2S/c1-32(2)14-5-9-27(32)30-22(19-37-31(30)25-8-4-10-28-24(25)13-15-33-28)18-36-23-7-3-6-21(16-23)26(17-29(34)35)20-11-12-20;/h3-4,6-10,13,15-16,19-20,26,33H,5,11-12,14,17-18H2,1-2H3,(H,34,35);1H2/t26-;/m0./s1. The van der Waals surface area contributed by atoms with Crippen molar-refractivity contribution in [2.45, 2.75) is 58.5 Å². The van der Waals surface area contributed by atoms with Crippen LogP contribution in [0.15, 0.2) is 66.2 Å². The number of aliphatic carboxylic acids is 1. The fraction of sp³-hybridized carbons (Fsp3) is 0.344. The Balaban J connectivity index is 0.00000294. The van der Waals surface area contributed by atoms with Gasteiger partial charge in [-0.1, -0.05) is 44.2 Å². The number of allylic oxidation sites excluding steroid dienone is 2. The number of aromatic nitrogens is 1. The molecule has 2 aliphatic carbocycles. The van der Waals surface area contributed by atoms with E-state index in [-0.39, 0.29) is 31.2 Å². The van der Waals surface area contributed by atoms with Gasteiger partial charge in [-0.15, -0.1) is 11.3 Å². The van der Waals surface area contributed by atoms with Gasteiger partial charge in [0.05, 0.1) is 6.42 Å². The van der Waals surface area contributed by atoms with Crippen LogP contribution in [0.3, 0.4) is 0 Å². The van der Waals surface area contributed by atoms with Gasteiger partial charge in [0.1, 0.15) is 12.4 Å². The van der Waals surface area contributed by atoms with Gasteiger partial charge in [0, 0.05) is 38.7 Å². The largest absolute Gasteiger partial charge is 0.489 e. The summed E-state index contributed by atoms with van der Waals surface area (Å²) in [6.07, 6.45) is 9.09. The highest BCUT2D eigenvalue weighted by Gasteiger charge is 2.34. The molecule has 1 fully saturated rings. The summed E-state index contributed by atoms with van der Waals surface area (Å²) in [5.41, 5.74) is 7.55. The van der Waals surface area contributed by atoms with E-state index in [2.05, 4.69) is 66.7 Å². The van der Waals surface area contributed by atoms with Crippen LogP contribution in [0.5, 0.6) is 5.75 Å². The molecule has 0 saturated heterocycles. The number of benzene rings is 2. The van der Waals surface area contributed by atoms with E-state index in [1.165, 1.54) is 32.5 Å². The summed E-state index contributed by atoms with van der Waals surface area (Å²) in [6.45, 7) is 5.18. The number of thiophene rings is 1. The summed E-state index contributed by atoms with van der Waals surface area (Å²) in [5, 5.41) is 12.9. The van der Waals surface area contributed by atoms with Crippen molar-refractivity contribution in [1.82, 2.24) is 4.98 Å². The molecule has 0 amide bonds. The second-order valence-corrected chi connectivity index (χ2v) is 12.0. The first-order chi connectivity index (χ1) is 17.9. The van der Waals surface area contributed by atoms with E-state index in [1.54, 1.807) is 11.3 Å². The van der Waals surface area contributed by atoms with Gasteiger partial charge >= 0.3 is 5.97 Å². The highest BCUT2D eigenvalue weighted by molar-refractivity contribution is 7.59. The molecule has 2 aromatic heterocycles. The zero-order valence-electron chi connectivity index (χ0n) is 21.9. The first-order valence-corrected chi connectivity index (χ1v) is 14.1. The molecule has 4 nitrogen and oxygen atoms in total. The van der Waals surface area contributed by atoms with E-state index in [4.69, 9.17) is 4.74 Å². The molecule has 38 heavy (non-hydrogen) atoms. The van der Waals surface area contributed by atoms with E-state index < -0.39 is 5.97 Å². The Morgan fingerprint density at radius 3 is 2.74 bits per heavy atom. The van der Waals surface area contributed by atoms with Gasteiger partial charge in [-0.25, -0.2) is 0 Å². The molecule has 0 spiro atoms. The first kappa shape index (κ1) is 26.6. The number of hydrogen-bond donors (Lipinski definition) is 2. The number of aromatic amines is 1. The third-order valence-electron chi connectivity index (χ3n) is 8.09. The predicted octanol–water partition coefficient (Wildman–Crippen LogP) is 8.76. The number of ether oxygens (including phenoxy) is 1. The van der Waals surface area contributed by atoms with Gasteiger partial charge in [0.15, 0.2) is 0 Å². The molecule has 0 bridgehead atoms. The maximum Gasteiger partial charge on any atom is 0.303 e. The Kier molecular flexibility index (Phi) is 7.47. The van der Waals surface area contributed by atoms with Crippen molar-refractivity contribution in [3.05, 3.63) is 82.9 Å². The highest BCUT2D eigenvalue weighted by atomic mass is 32.1. The second-order valence-electron chi connectivity index (χ2n) is 11.2. The summed E-state index contributed by atoms with van der Waals surface area (Å²) in [6, 6.07) is 16.7. The Labute approximate surface area is 235 Å². The van der Waals surface area contributed by atoms with Crippen LogP contribution >= 0.6 is 24.8 Å². The number of carboxylic acids is 1. The topological polar surface area (TPSA) is 62.3 Å². The molecule has 1 atom stereocenters. The van der Waals surface area contributed by atoms with Crippen molar-refractivity contribution in [2.75, 3.05) is 0 Å². The lowest BCUT2D eigenvalue weighted by Gasteiger charge is -2.24. The van der Waals surface area contributed by atoms with Crippen molar-refractivity contribution in [2.24, 2.45) is 11.3 Å². The molecule has 0 aliphatic heterocycles. The van der Waals surface area contributed by atoms with Crippen LogP contribution < -0.4 is 4.74 Å². The number of carbonyl (C=O) groups is 1. The molecule has 0 radical (unpaired) electrons. The zero-order valence-corrected chi connectivity index (χ0v) is 23.7. The first-order valence-electron chi connectivity index (χ1n) is 13.2. The summed E-state index contributed by atoms with van der Waals surface area (Å²) in [5.74, 6) is 0.615. The Bertz CT molecular complexity index is 1490. The summed E-state index contributed by atoms with van der Waals surface area (Å²) < 4.78 is 6.40. The van der Waals surface area contributed by atoms with E-state index in [1.807, 2.05) is 18.3 Å². The van der Waals surface area contributed by atoms with Gasteiger partial charge in [-0.2, -0.15) is 13.5 Å². The molecule has 198 valence electrons. The Hall–Kier alpha value is -2.96. The van der Waals surface area contributed by atoms with Crippen LogP contribution in [0, 0.1) is 11.3 Å². The molecule has 1 saturated carbocycles. The molecular weight excluding hydrogens is 510 g/mol. The van der Waals surface area contributed by atoms with E-state index >= 15 is 0 Å². The van der Waals surface area contributed by atoms with Crippen molar-refractivity contribution in [3.63, 3.8) is 0 Å². The number of nitrogens with one attached hydrogen (secondary N) is 1. The van der Waals surface area contributed by atoms with Gasteiger partial charge in [0.2, 0.25) is 0 Å². The van der Waals surface area contributed by atoms with Crippen molar-refractivity contribution >= 4 is 47.3 Å². The summed E-state index contributed by atoms with van der Waals surface area (Å²) >= 11 is 1.80. The van der Waals surface area contributed by atoms with E-state index in [9.17, 15) is 9.90 Å². The monoisotopic (exact) mass is 545 g/mol. The summed E-state index contributed by atoms with van der Waals surface area (Å²) in [7, 11) is 0. The SMILES string of the molecule is CC1(C)CCC=C1c1c(COc2cccc([C@@H](CC(=O)O)C3CC3)c2)csc1-c1cccc2[nH]ccc12.S. The average Bonchev–Trinajstić information content (AvgIpc) is 3.28. The van der Waals surface area contributed by atoms with Crippen LogP contribution in [0.2, 0.25) is 0 Å². The van der Waals surface area contributed by atoms with Gasteiger partial charge in [-0.3, -0.25) is 4.79 Å². The second kappa shape index (κ2) is 10.7. The predicted molar refractivity (Wildman–Crippen MR) is 161 cm³/mol. The Morgan fingerprint density at radius 2 is 2.00 bits per heavy atom. The Morgan fingerprint density at radius 1 is 1.18 bits per heavy atom. The van der Waals surface area contributed by atoms with Gasteiger partial charge < -0.3 is 14.8 Å². The smallest absolute Gasteiger partial charge is 0.303 e. The molecule has 6 rings (SSSR count). The molecule has 2 aromatic carbocycles. The summed E-state index contributed by atoms with van der Waals surface area (Å²) in [4.78, 5) is 16.1. The molecule has 2 heterocycles. The van der Waals surface area contributed by atoms with E-state index in [0.29, 0.717) is 12.5 Å². The molecule has 6 heteroatoms. The van der Waals surface area contributed by atoms with Gasteiger partial charge in [0.25, 0.3) is 0 Å². The van der Waals surface area contributed by atoms with E-state index in [0.717, 1.165) is 42.5 Å². The van der Waals surface area contributed by atoms with Crippen LogP contribution in [-0.4, -0.2) is 16.1 Å². The maximum absolute atomic E-state index is 11.5. The molecule has 4 aromatic rings. The zero-order chi connectivity index (χ0) is 25.6. The quantitative estimate of drug-likeness (QED) is 0.221. The number of carboxylic acid groups (broad SMARTS) is 1. The van der Waals surface area contributed by atoms with Crippen LogP contribution in [-0.2, 0) is 11.4 Å². The van der Waals surface area contributed by atoms with Crippen molar-refractivity contribution in [3.8, 4) is 16.2 Å². The lowest BCUT2D eigenvalue weighted by Crippen LogP contribution is -2.11. The minimum atomic E-state index is -0.733. The number of H-pyrrole nitrogens is 1.